The summed E-state index contributed by atoms with van der Waals surface area (Å²) in [6.07, 6.45) is 2.11. The van der Waals surface area contributed by atoms with Crippen LogP contribution in [0.4, 0.5) is 0 Å². The van der Waals surface area contributed by atoms with Crippen molar-refractivity contribution in [1.82, 2.24) is 14.8 Å². The summed E-state index contributed by atoms with van der Waals surface area (Å²) < 4.78 is 6.82. The van der Waals surface area contributed by atoms with Crippen LogP contribution in [0.2, 0.25) is 0 Å². The average molecular weight is 252 g/mol. The molecule has 3 N–H and O–H groups in total. The Kier molecular flexibility index (Phi) is 3.52. The predicted octanol–water partition coefficient (Wildman–Crippen LogP) is -1.34. The Bertz CT molecular complexity index is 494. The van der Waals surface area contributed by atoms with Gasteiger partial charge in [-0.3, -0.25) is 4.79 Å². The number of carbonyl (C=O) groups excluding carboxylic acids is 2. The molecule has 0 aliphatic carbocycles. The number of hydrogen-bond acceptors (Lipinski definition) is 6. The number of aliphatic hydroxyl groups excluding tert-OH is 1. The molecule has 2 heterocycles. The van der Waals surface area contributed by atoms with Crippen molar-refractivity contribution in [1.29, 1.82) is 0 Å². The number of rotatable bonds is 4. The summed E-state index contributed by atoms with van der Waals surface area (Å²) in [7, 11) is 0. The molecule has 1 saturated heterocycles. The lowest BCUT2D eigenvalue weighted by molar-refractivity contribution is -0.0350. The number of carbonyl (C=O) groups is 1. The smallest absolute Gasteiger partial charge is 0.288 e. The van der Waals surface area contributed by atoms with E-state index >= 15 is 0 Å². The molecule has 3 atom stereocenters. The van der Waals surface area contributed by atoms with Gasteiger partial charge in [0.1, 0.15) is 12.3 Å². The number of ether oxygens (including phenoxy) is 1. The zero-order chi connectivity index (χ0) is 13.1. The van der Waals surface area contributed by atoms with Crippen LogP contribution in [-0.2, 0) is 9.53 Å². The molecule has 96 valence electrons. The fraction of sp³-hybridized carbons (Fsp3) is 0.500. The summed E-state index contributed by atoms with van der Waals surface area (Å²) in [6, 6.07) is 0. The second-order valence-corrected chi connectivity index (χ2v) is 3.93. The highest BCUT2D eigenvalue weighted by atomic mass is 16.5. The second kappa shape index (κ2) is 5.09. The van der Waals surface area contributed by atoms with Crippen LogP contribution in [0.15, 0.2) is 12.4 Å². The normalized spacial score (nSPS) is 26.8. The van der Waals surface area contributed by atoms with Crippen LogP contribution in [-0.4, -0.2) is 44.4 Å². The molecule has 0 radical (unpaired) electrons. The number of nitrogens with zero attached hydrogens (tertiary/aromatic N) is 3. The van der Waals surface area contributed by atoms with E-state index in [9.17, 15) is 9.59 Å². The molecule has 1 aromatic heterocycles. The minimum absolute atomic E-state index is 0.125. The lowest BCUT2D eigenvalue weighted by Gasteiger charge is -2.14. The quantitative estimate of drug-likeness (QED) is 0.640. The number of aromatic nitrogens is 3. The summed E-state index contributed by atoms with van der Waals surface area (Å²) in [5.74, 6) is 0.550. The van der Waals surface area contributed by atoms with Crippen molar-refractivity contribution in [3.63, 3.8) is 0 Å². The maximum atomic E-state index is 10.9. The van der Waals surface area contributed by atoms with Crippen molar-refractivity contribution in [3.8, 4) is 0 Å². The van der Waals surface area contributed by atoms with Crippen molar-refractivity contribution in [2.45, 2.75) is 18.8 Å². The predicted molar refractivity (Wildman–Crippen MR) is 57.9 cm³/mol. The molecule has 0 bridgehead atoms. The van der Waals surface area contributed by atoms with Crippen molar-refractivity contribution in [2.24, 2.45) is 11.7 Å². The van der Waals surface area contributed by atoms with Crippen LogP contribution < -0.4 is 5.73 Å². The molecule has 1 amide bonds. The van der Waals surface area contributed by atoms with E-state index < -0.39 is 12.1 Å². The highest BCUT2D eigenvalue weighted by Gasteiger charge is 2.35. The zero-order valence-electron chi connectivity index (χ0n) is 9.39. The van der Waals surface area contributed by atoms with Gasteiger partial charge >= 0.3 is 0 Å². The molecule has 0 aromatic carbocycles. The lowest BCUT2D eigenvalue weighted by Crippen LogP contribution is -2.18. The Balaban J connectivity index is 2.23. The van der Waals surface area contributed by atoms with Gasteiger partial charge in [-0.25, -0.2) is 14.5 Å². The summed E-state index contributed by atoms with van der Waals surface area (Å²) in [6.45, 7) is -0.156. The van der Waals surface area contributed by atoms with Gasteiger partial charge in [0.05, 0.1) is 12.7 Å². The summed E-state index contributed by atoms with van der Waals surface area (Å²) in [5, 5.41) is 12.9. The number of aliphatic hydroxyl groups is 1. The largest absolute Gasteiger partial charge is 0.394 e. The standard InChI is InChI=1S/C10H12N4O4/c11-8(17)9-12-5-14(13-9)10-6(1-2-15)3-7(4-16)18-10/h1,5-7,10,16H,3-4H2,(H2,11,17)/t6?,7-,10+/m0/s1. The van der Waals surface area contributed by atoms with Gasteiger partial charge in [-0.05, 0) is 6.42 Å². The van der Waals surface area contributed by atoms with Gasteiger partial charge in [0.15, 0.2) is 6.23 Å². The van der Waals surface area contributed by atoms with Gasteiger partial charge in [-0.1, -0.05) is 0 Å². The Labute approximate surface area is 102 Å². The molecule has 1 aliphatic heterocycles. The molecule has 2 rings (SSSR count). The van der Waals surface area contributed by atoms with Crippen LogP contribution in [0.3, 0.4) is 0 Å². The molecule has 8 nitrogen and oxygen atoms in total. The Hall–Kier alpha value is -2.02. The van der Waals surface area contributed by atoms with Crippen LogP contribution in [0.25, 0.3) is 0 Å². The van der Waals surface area contributed by atoms with E-state index in [0.717, 1.165) is 0 Å². The first kappa shape index (κ1) is 12.4. The molecule has 1 aliphatic rings. The van der Waals surface area contributed by atoms with Crippen molar-refractivity contribution in [2.75, 3.05) is 6.61 Å². The number of hydrogen-bond donors (Lipinski definition) is 2. The number of amides is 1. The third kappa shape index (κ3) is 2.30. The number of primary amides is 1. The van der Waals surface area contributed by atoms with Crippen molar-refractivity contribution < 1.29 is 19.4 Å². The monoisotopic (exact) mass is 252 g/mol. The van der Waals surface area contributed by atoms with Crippen LogP contribution >= 0.6 is 0 Å². The van der Waals surface area contributed by atoms with E-state index in [1.54, 1.807) is 5.94 Å². The van der Waals surface area contributed by atoms with Crippen molar-refractivity contribution >= 4 is 11.8 Å². The van der Waals surface area contributed by atoms with Gasteiger partial charge in [-0.2, -0.15) is 0 Å². The van der Waals surface area contributed by atoms with E-state index in [2.05, 4.69) is 10.1 Å². The lowest BCUT2D eigenvalue weighted by atomic mass is 10.0. The van der Waals surface area contributed by atoms with Crippen LogP contribution in [0, 0.1) is 5.92 Å². The van der Waals surface area contributed by atoms with E-state index in [1.165, 1.54) is 17.1 Å². The molecule has 1 unspecified atom stereocenters. The van der Waals surface area contributed by atoms with E-state index in [4.69, 9.17) is 15.6 Å². The van der Waals surface area contributed by atoms with Gasteiger partial charge in [-0.15, -0.1) is 5.10 Å². The fourth-order valence-electron chi connectivity index (χ4n) is 1.90. The molecule has 0 saturated carbocycles. The first-order valence-corrected chi connectivity index (χ1v) is 5.34. The minimum atomic E-state index is -0.743. The Morgan fingerprint density at radius 1 is 1.78 bits per heavy atom. The summed E-state index contributed by atoms with van der Waals surface area (Å²) in [5.41, 5.74) is 5.04. The molecule has 1 fully saturated rings. The highest BCUT2D eigenvalue weighted by Crippen LogP contribution is 2.34. The van der Waals surface area contributed by atoms with Gasteiger partial charge < -0.3 is 15.6 Å². The molecular weight excluding hydrogens is 240 g/mol. The molecular formula is C10H12N4O4. The van der Waals surface area contributed by atoms with E-state index in [1.807, 2.05) is 0 Å². The maximum absolute atomic E-state index is 10.9. The first-order chi connectivity index (χ1) is 8.65. The summed E-state index contributed by atoms with van der Waals surface area (Å²) in [4.78, 5) is 25.0. The van der Waals surface area contributed by atoms with E-state index in [0.29, 0.717) is 6.42 Å². The maximum Gasteiger partial charge on any atom is 0.288 e. The second-order valence-electron chi connectivity index (χ2n) is 3.93. The Morgan fingerprint density at radius 2 is 2.56 bits per heavy atom. The summed E-state index contributed by atoms with van der Waals surface area (Å²) >= 11 is 0. The van der Waals surface area contributed by atoms with Crippen LogP contribution in [0.1, 0.15) is 23.3 Å². The minimum Gasteiger partial charge on any atom is -0.394 e. The molecule has 18 heavy (non-hydrogen) atoms. The highest BCUT2D eigenvalue weighted by molar-refractivity contribution is 5.88. The van der Waals surface area contributed by atoms with Crippen LogP contribution in [0.5, 0.6) is 0 Å². The average Bonchev–Trinajstić information content (AvgIpc) is 2.94. The number of nitrogens with two attached hydrogens (primary N) is 1. The topological polar surface area (TPSA) is 120 Å². The molecule has 0 spiro atoms. The third-order valence-corrected chi connectivity index (χ3v) is 2.71. The molecule has 8 heteroatoms. The van der Waals surface area contributed by atoms with Gasteiger partial charge in [0, 0.05) is 12.0 Å². The molecule has 1 aromatic rings. The fourth-order valence-corrected chi connectivity index (χ4v) is 1.90. The SMILES string of the molecule is NC(=O)c1ncn([C@@H]2O[C@H](CO)CC2C=C=O)n1. The first-order valence-electron chi connectivity index (χ1n) is 5.34. The van der Waals surface area contributed by atoms with Gasteiger partial charge in [0.25, 0.3) is 5.91 Å². The van der Waals surface area contributed by atoms with Crippen molar-refractivity contribution in [3.05, 3.63) is 18.2 Å². The zero-order valence-corrected chi connectivity index (χ0v) is 9.39. The Morgan fingerprint density at radius 3 is 3.11 bits per heavy atom. The third-order valence-electron chi connectivity index (χ3n) is 2.71. The van der Waals surface area contributed by atoms with Gasteiger partial charge in [0.2, 0.25) is 5.82 Å². The van der Waals surface area contributed by atoms with E-state index in [-0.39, 0.29) is 24.5 Å².